The van der Waals surface area contributed by atoms with Crippen LogP contribution in [0.25, 0.3) is 0 Å². The fourth-order valence-corrected chi connectivity index (χ4v) is 2.61. The van der Waals surface area contributed by atoms with Crippen LogP contribution in [0.1, 0.15) is 29.3 Å². The van der Waals surface area contributed by atoms with E-state index in [1.807, 2.05) is 30.3 Å². The van der Waals surface area contributed by atoms with Crippen molar-refractivity contribution in [3.05, 3.63) is 71.8 Å². The number of rotatable bonds is 5. The summed E-state index contributed by atoms with van der Waals surface area (Å²) in [6.45, 7) is 1.85. The average molecular weight is 323 g/mol. The molecule has 5 nitrogen and oxygen atoms in total. The van der Waals surface area contributed by atoms with E-state index in [1.165, 1.54) is 0 Å². The Bertz CT molecular complexity index is 770. The van der Waals surface area contributed by atoms with Gasteiger partial charge in [-0.05, 0) is 12.5 Å². The first kappa shape index (κ1) is 15.9. The Hall–Kier alpha value is -2.95. The van der Waals surface area contributed by atoms with Crippen molar-refractivity contribution in [2.45, 2.75) is 18.9 Å². The zero-order valence-corrected chi connectivity index (χ0v) is 13.3. The lowest BCUT2D eigenvalue weighted by molar-refractivity contribution is -0.162. The number of esters is 1. The molecule has 0 amide bonds. The van der Waals surface area contributed by atoms with Crippen LogP contribution in [0.4, 0.5) is 0 Å². The van der Waals surface area contributed by atoms with Crippen LogP contribution in [0, 0.1) is 0 Å². The zero-order chi connectivity index (χ0) is 17.0. The SMILES string of the molecule is CCOC(=O)C1(C(=O)c2ccccc2)CC(c2ccccc2)=NO1. The lowest BCUT2D eigenvalue weighted by Gasteiger charge is -2.22. The van der Waals surface area contributed by atoms with E-state index in [0.29, 0.717) is 11.3 Å². The molecule has 5 heteroatoms. The van der Waals surface area contributed by atoms with Crippen LogP contribution < -0.4 is 0 Å². The van der Waals surface area contributed by atoms with Crippen LogP contribution in [0.2, 0.25) is 0 Å². The van der Waals surface area contributed by atoms with Crippen LogP contribution in [0.3, 0.4) is 0 Å². The van der Waals surface area contributed by atoms with Crippen molar-refractivity contribution in [2.75, 3.05) is 6.61 Å². The molecular formula is C19H17NO4. The van der Waals surface area contributed by atoms with E-state index in [4.69, 9.17) is 9.57 Å². The number of Topliss-reactive ketones (excluding diaryl/α,β-unsaturated/α-hetero) is 1. The number of nitrogens with zero attached hydrogens (tertiary/aromatic N) is 1. The van der Waals surface area contributed by atoms with Gasteiger partial charge in [-0.1, -0.05) is 65.8 Å². The van der Waals surface area contributed by atoms with Crippen LogP contribution in [0.15, 0.2) is 65.8 Å². The maximum Gasteiger partial charge on any atom is 0.362 e. The molecule has 0 saturated carbocycles. The monoisotopic (exact) mass is 323 g/mol. The fraction of sp³-hybridized carbons (Fsp3) is 0.211. The van der Waals surface area contributed by atoms with E-state index in [9.17, 15) is 9.59 Å². The van der Waals surface area contributed by atoms with E-state index in [1.54, 1.807) is 37.3 Å². The maximum atomic E-state index is 13.0. The summed E-state index contributed by atoms with van der Waals surface area (Å²) in [6, 6.07) is 17.9. The number of carbonyl (C=O) groups is 2. The van der Waals surface area contributed by atoms with E-state index in [2.05, 4.69) is 5.16 Å². The lowest BCUT2D eigenvalue weighted by Crippen LogP contribution is -2.48. The Morgan fingerprint density at radius 2 is 1.71 bits per heavy atom. The predicted octanol–water partition coefficient (Wildman–Crippen LogP) is 3.00. The minimum atomic E-state index is -1.76. The van der Waals surface area contributed by atoms with Gasteiger partial charge in [-0.2, -0.15) is 0 Å². The van der Waals surface area contributed by atoms with Gasteiger partial charge < -0.3 is 9.57 Å². The minimum absolute atomic E-state index is 0.0452. The number of benzene rings is 2. The van der Waals surface area contributed by atoms with E-state index in [0.717, 1.165) is 5.56 Å². The molecule has 0 aromatic heterocycles. The Morgan fingerprint density at radius 1 is 1.08 bits per heavy atom. The third-order valence-corrected chi connectivity index (χ3v) is 3.84. The van der Waals surface area contributed by atoms with Gasteiger partial charge in [-0.3, -0.25) is 4.79 Å². The lowest BCUT2D eigenvalue weighted by atomic mass is 9.87. The molecule has 1 aliphatic heterocycles. The highest BCUT2D eigenvalue weighted by Gasteiger charge is 2.55. The maximum absolute atomic E-state index is 13.0. The second-order valence-corrected chi connectivity index (χ2v) is 5.41. The molecule has 122 valence electrons. The van der Waals surface area contributed by atoms with Crippen molar-refractivity contribution in [2.24, 2.45) is 5.16 Å². The van der Waals surface area contributed by atoms with E-state index in [-0.39, 0.29) is 13.0 Å². The number of oxime groups is 1. The van der Waals surface area contributed by atoms with Gasteiger partial charge in [0.05, 0.1) is 18.7 Å². The van der Waals surface area contributed by atoms with Crippen LogP contribution >= 0.6 is 0 Å². The summed E-state index contributed by atoms with van der Waals surface area (Å²) in [7, 11) is 0. The zero-order valence-electron chi connectivity index (χ0n) is 13.3. The molecule has 0 spiro atoms. The van der Waals surface area contributed by atoms with E-state index < -0.39 is 17.4 Å². The highest BCUT2D eigenvalue weighted by molar-refractivity contribution is 6.20. The fourth-order valence-electron chi connectivity index (χ4n) is 2.61. The highest BCUT2D eigenvalue weighted by Crippen LogP contribution is 2.32. The molecule has 24 heavy (non-hydrogen) atoms. The number of carbonyl (C=O) groups excluding carboxylic acids is 2. The number of hydrogen-bond donors (Lipinski definition) is 0. The summed E-state index contributed by atoms with van der Waals surface area (Å²) in [5.74, 6) is -1.16. The van der Waals surface area contributed by atoms with Gasteiger partial charge in [0.2, 0.25) is 5.78 Å². The van der Waals surface area contributed by atoms with Crippen LogP contribution in [0.5, 0.6) is 0 Å². The summed E-state index contributed by atoms with van der Waals surface area (Å²) < 4.78 is 5.10. The first-order valence-corrected chi connectivity index (χ1v) is 7.75. The quantitative estimate of drug-likeness (QED) is 0.482. The molecule has 0 aliphatic carbocycles. The van der Waals surface area contributed by atoms with Crippen molar-refractivity contribution < 1.29 is 19.2 Å². The molecule has 0 N–H and O–H groups in total. The summed E-state index contributed by atoms with van der Waals surface area (Å²) in [5, 5.41) is 4.00. The topological polar surface area (TPSA) is 65.0 Å². The Labute approximate surface area is 139 Å². The van der Waals surface area contributed by atoms with Gasteiger partial charge in [-0.15, -0.1) is 0 Å². The van der Waals surface area contributed by atoms with Crippen LogP contribution in [-0.2, 0) is 14.4 Å². The molecule has 0 saturated heterocycles. The largest absolute Gasteiger partial charge is 0.463 e. The van der Waals surface area contributed by atoms with Gasteiger partial charge in [0.1, 0.15) is 0 Å². The van der Waals surface area contributed by atoms with Gasteiger partial charge in [0, 0.05) is 5.56 Å². The van der Waals surface area contributed by atoms with Crippen LogP contribution in [-0.4, -0.2) is 29.7 Å². The van der Waals surface area contributed by atoms with E-state index >= 15 is 0 Å². The van der Waals surface area contributed by atoms with Crippen molar-refractivity contribution in [3.63, 3.8) is 0 Å². The molecule has 0 radical (unpaired) electrons. The van der Waals surface area contributed by atoms with Gasteiger partial charge in [0.25, 0.3) is 0 Å². The number of ether oxygens (including phenoxy) is 1. The molecule has 1 heterocycles. The second kappa shape index (κ2) is 6.66. The Morgan fingerprint density at radius 3 is 2.33 bits per heavy atom. The predicted molar refractivity (Wildman–Crippen MR) is 88.8 cm³/mol. The Balaban J connectivity index is 1.95. The normalized spacial score (nSPS) is 19.3. The minimum Gasteiger partial charge on any atom is -0.463 e. The van der Waals surface area contributed by atoms with Crippen molar-refractivity contribution in [1.29, 1.82) is 0 Å². The molecule has 1 unspecified atom stereocenters. The average Bonchev–Trinajstić information content (AvgIpc) is 3.09. The molecular weight excluding hydrogens is 306 g/mol. The summed E-state index contributed by atoms with van der Waals surface area (Å²) in [6.07, 6.45) is 0.0452. The highest BCUT2D eigenvalue weighted by atomic mass is 16.7. The summed E-state index contributed by atoms with van der Waals surface area (Å²) in [4.78, 5) is 30.9. The molecule has 2 aromatic rings. The third kappa shape index (κ3) is 2.80. The molecule has 0 bridgehead atoms. The smallest absolute Gasteiger partial charge is 0.362 e. The van der Waals surface area contributed by atoms with Crippen molar-refractivity contribution in [3.8, 4) is 0 Å². The molecule has 2 aromatic carbocycles. The first-order chi connectivity index (χ1) is 11.7. The number of hydrogen-bond acceptors (Lipinski definition) is 5. The molecule has 0 fully saturated rings. The molecule has 1 atom stereocenters. The standard InChI is InChI=1S/C19H17NO4/c1-2-23-18(22)19(17(21)15-11-7-4-8-12-15)13-16(20-24-19)14-9-5-3-6-10-14/h3-12H,2,13H2,1H3. The second-order valence-electron chi connectivity index (χ2n) is 5.41. The van der Waals surface area contributed by atoms with Gasteiger partial charge in [-0.25, -0.2) is 4.79 Å². The van der Waals surface area contributed by atoms with Gasteiger partial charge >= 0.3 is 11.6 Å². The summed E-state index contributed by atoms with van der Waals surface area (Å²) >= 11 is 0. The number of ketones is 1. The van der Waals surface area contributed by atoms with Crippen molar-refractivity contribution >= 4 is 17.5 Å². The first-order valence-electron chi connectivity index (χ1n) is 7.75. The third-order valence-electron chi connectivity index (χ3n) is 3.84. The van der Waals surface area contributed by atoms with Crippen molar-refractivity contribution in [1.82, 2.24) is 0 Å². The molecule has 1 aliphatic rings. The molecule has 3 rings (SSSR count). The van der Waals surface area contributed by atoms with Gasteiger partial charge in [0.15, 0.2) is 0 Å². The Kier molecular flexibility index (Phi) is 4.42. The summed E-state index contributed by atoms with van der Waals surface area (Å²) in [5.41, 5.74) is -0.0183.